The predicted molar refractivity (Wildman–Crippen MR) is 86.1 cm³/mol. The van der Waals surface area contributed by atoms with Crippen molar-refractivity contribution in [2.75, 3.05) is 4.72 Å². The molecule has 0 aliphatic carbocycles. The fourth-order valence-electron chi connectivity index (χ4n) is 2.17. The number of imidazole rings is 1. The van der Waals surface area contributed by atoms with E-state index in [1.807, 2.05) is 0 Å². The second kappa shape index (κ2) is 6.41. The van der Waals surface area contributed by atoms with Crippen molar-refractivity contribution in [3.8, 4) is 5.82 Å². The molecule has 2 aromatic heterocycles. The lowest BCUT2D eigenvalue weighted by molar-refractivity contribution is -0.137. The highest BCUT2D eigenvalue weighted by atomic mass is 32.2. The number of sulfonamides is 1. The highest BCUT2D eigenvalue weighted by Gasteiger charge is 2.30. The Labute approximate surface area is 146 Å². The van der Waals surface area contributed by atoms with Crippen molar-refractivity contribution in [2.24, 2.45) is 0 Å². The summed E-state index contributed by atoms with van der Waals surface area (Å²) in [6.07, 6.45) is -0.172. The maximum Gasteiger partial charge on any atom is 0.416 e. The van der Waals surface area contributed by atoms with Crippen LogP contribution in [-0.4, -0.2) is 27.9 Å². The fraction of sp³-hybridized carbons (Fsp3) is 0.133. The molecular weight excluding hydrogens is 371 g/mol. The maximum absolute atomic E-state index is 12.6. The first-order valence-corrected chi connectivity index (χ1v) is 8.67. The van der Waals surface area contributed by atoms with Crippen molar-refractivity contribution in [1.29, 1.82) is 0 Å². The van der Waals surface area contributed by atoms with Gasteiger partial charge in [0.05, 0.1) is 10.5 Å². The molecule has 1 aromatic carbocycles. The van der Waals surface area contributed by atoms with E-state index in [1.165, 1.54) is 12.4 Å². The third-order valence-corrected chi connectivity index (χ3v) is 4.83. The summed E-state index contributed by atoms with van der Waals surface area (Å²) in [5, 5.41) is 0. The van der Waals surface area contributed by atoms with Crippen molar-refractivity contribution in [1.82, 2.24) is 19.5 Å². The average Bonchev–Trinajstić information content (AvgIpc) is 3.00. The molecular formula is C15H12F3N5O2S. The van der Waals surface area contributed by atoms with Crippen LogP contribution >= 0.6 is 0 Å². The molecule has 0 aliphatic rings. The molecule has 1 N–H and O–H groups in total. The Bertz CT molecular complexity index is 1030. The van der Waals surface area contributed by atoms with Crippen LogP contribution in [0.3, 0.4) is 0 Å². The highest BCUT2D eigenvalue weighted by molar-refractivity contribution is 7.92. The summed E-state index contributed by atoms with van der Waals surface area (Å²) in [4.78, 5) is 11.6. The number of anilines is 1. The number of hydrogen-bond acceptors (Lipinski definition) is 5. The van der Waals surface area contributed by atoms with Crippen LogP contribution in [0, 0.1) is 6.92 Å². The number of nitrogens with one attached hydrogen (secondary N) is 1. The van der Waals surface area contributed by atoms with Gasteiger partial charge in [-0.15, -0.1) is 0 Å². The lowest BCUT2D eigenvalue weighted by atomic mass is 10.2. The normalized spacial score (nSPS) is 12.2. The van der Waals surface area contributed by atoms with Gasteiger partial charge in [-0.1, -0.05) is 0 Å². The van der Waals surface area contributed by atoms with E-state index in [1.54, 1.807) is 23.9 Å². The molecule has 0 radical (unpaired) electrons. The van der Waals surface area contributed by atoms with E-state index in [4.69, 9.17) is 0 Å². The number of nitrogens with zero attached hydrogens (tertiary/aromatic N) is 4. The SMILES string of the molecule is Cc1nccn1-c1cc(NS(=O)(=O)c2ccc(C(F)(F)F)cc2)ncn1. The van der Waals surface area contributed by atoms with Gasteiger partial charge in [-0.05, 0) is 31.2 Å². The van der Waals surface area contributed by atoms with Gasteiger partial charge in [-0.3, -0.25) is 9.29 Å². The van der Waals surface area contributed by atoms with Crippen molar-refractivity contribution in [3.63, 3.8) is 0 Å². The maximum atomic E-state index is 12.6. The van der Waals surface area contributed by atoms with E-state index in [-0.39, 0.29) is 10.7 Å². The van der Waals surface area contributed by atoms with Crippen LogP contribution in [0.2, 0.25) is 0 Å². The summed E-state index contributed by atoms with van der Waals surface area (Å²) in [5.41, 5.74) is -0.934. The third kappa shape index (κ3) is 3.67. The van der Waals surface area contributed by atoms with Crippen molar-refractivity contribution >= 4 is 15.8 Å². The van der Waals surface area contributed by atoms with Gasteiger partial charge < -0.3 is 0 Å². The fourth-order valence-corrected chi connectivity index (χ4v) is 3.17. The molecule has 3 rings (SSSR count). The molecule has 0 spiro atoms. The quantitative estimate of drug-likeness (QED) is 0.748. The van der Waals surface area contributed by atoms with Gasteiger partial charge >= 0.3 is 6.18 Å². The summed E-state index contributed by atoms with van der Waals surface area (Å²) < 4.78 is 66.3. The molecule has 26 heavy (non-hydrogen) atoms. The average molecular weight is 383 g/mol. The van der Waals surface area contributed by atoms with Crippen molar-refractivity contribution < 1.29 is 21.6 Å². The zero-order chi connectivity index (χ0) is 18.9. The number of aromatic nitrogens is 4. The number of rotatable bonds is 4. The highest BCUT2D eigenvalue weighted by Crippen LogP contribution is 2.30. The molecule has 0 amide bonds. The molecule has 0 unspecified atom stereocenters. The summed E-state index contributed by atoms with van der Waals surface area (Å²) >= 11 is 0. The summed E-state index contributed by atoms with van der Waals surface area (Å²) in [6, 6.07) is 4.56. The summed E-state index contributed by atoms with van der Waals surface area (Å²) in [5.74, 6) is 1.00. The number of alkyl halides is 3. The number of halogens is 3. The Hall–Kier alpha value is -2.95. The monoisotopic (exact) mass is 383 g/mol. The molecule has 0 saturated heterocycles. The third-order valence-electron chi connectivity index (χ3n) is 3.46. The smallest absolute Gasteiger partial charge is 0.288 e. The van der Waals surface area contributed by atoms with Crippen LogP contribution in [-0.2, 0) is 16.2 Å². The van der Waals surface area contributed by atoms with Gasteiger partial charge in [0, 0.05) is 18.5 Å². The van der Waals surface area contributed by atoms with Crippen LogP contribution in [0.1, 0.15) is 11.4 Å². The predicted octanol–water partition coefficient (Wildman–Crippen LogP) is 2.79. The molecule has 7 nitrogen and oxygen atoms in total. The Morgan fingerprint density at radius 1 is 1.08 bits per heavy atom. The minimum atomic E-state index is -4.54. The number of hydrogen-bond donors (Lipinski definition) is 1. The lowest BCUT2D eigenvalue weighted by Gasteiger charge is -2.10. The second-order valence-corrected chi connectivity index (χ2v) is 6.92. The Balaban J connectivity index is 1.87. The topological polar surface area (TPSA) is 89.8 Å². The van der Waals surface area contributed by atoms with Crippen molar-refractivity contribution in [3.05, 3.63) is 60.4 Å². The number of aryl methyl sites for hydroxylation is 1. The van der Waals surface area contributed by atoms with Gasteiger partial charge in [0.1, 0.15) is 23.8 Å². The summed E-state index contributed by atoms with van der Waals surface area (Å²) in [7, 11) is -4.10. The van der Waals surface area contributed by atoms with E-state index in [2.05, 4.69) is 19.7 Å². The van der Waals surface area contributed by atoms with Crippen LogP contribution in [0.25, 0.3) is 5.82 Å². The second-order valence-electron chi connectivity index (χ2n) is 5.23. The summed E-state index contributed by atoms with van der Waals surface area (Å²) in [6.45, 7) is 1.74. The van der Waals surface area contributed by atoms with E-state index >= 15 is 0 Å². The first kappa shape index (κ1) is 17.9. The van der Waals surface area contributed by atoms with Gasteiger partial charge in [0.25, 0.3) is 10.0 Å². The van der Waals surface area contributed by atoms with E-state index in [0.29, 0.717) is 23.8 Å². The first-order valence-electron chi connectivity index (χ1n) is 7.19. The molecule has 11 heteroatoms. The standard InChI is InChI=1S/C15H12F3N5O2S/c1-10-19-6-7-23(10)14-8-13(20-9-21-14)22-26(24,25)12-4-2-11(3-5-12)15(16,17)18/h2-9H,1H3,(H,20,21,22). The molecule has 136 valence electrons. The first-order chi connectivity index (χ1) is 12.2. The van der Waals surface area contributed by atoms with Crippen LogP contribution in [0.15, 0.2) is 53.9 Å². The number of benzene rings is 1. The van der Waals surface area contributed by atoms with Gasteiger partial charge in [-0.2, -0.15) is 13.2 Å². The lowest BCUT2D eigenvalue weighted by Crippen LogP contribution is -2.15. The minimum absolute atomic E-state index is 0.0250. The van der Waals surface area contributed by atoms with E-state index in [0.717, 1.165) is 12.1 Å². The molecule has 2 heterocycles. The molecule has 0 saturated carbocycles. The molecule has 0 fully saturated rings. The van der Waals surface area contributed by atoms with Crippen LogP contribution < -0.4 is 4.72 Å². The molecule has 0 aliphatic heterocycles. The van der Waals surface area contributed by atoms with E-state index in [9.17, 15) is 21.6 Å². The zero-order valence-corrected chi connectivity index (χ0v) is 14.1. The van der Waals surface area contributed by atoms with Gasteiger partial charge in [-0.25, -0.2) is 23.4 Å². The van der Waals surface area contributed by atoms with Crippen LogP contribution in [0.5, 0.6) is 0 Å². The van der Waals surface area contributed by atoms with Crippen molar-refractivity contribution in [2.45, 2.75) is 18.0 Å². The minimum Gasteiger partial charge on any atom is -0.288 e. The largest absolute Gasteiger partial charge is 0.416 e. The Morgan fingerprint density at radius 3 is 2.35 bits per heavy atom. The zero-order valence-electron chi connectivity index (χ0n) is 13.3. The van der Waals surface area contributed by atoms with Crippen LogP contribution in [0.4, 0.5) is 19.0 Å². The van der Waals surface area contributed by atoms with Gasteiger partial charge in [0.15, 0.2) is 0 Å². The molecule has 3 aromatic rings. The van der Waals surface area contributed by atoms with Gasteiger partial charge in [0.2, 0.25) is 0 Å². The molecule has 0 atom stereocenters. The Kier molecular flexibility index (Phi) is 4.40. The molecule has 0 bridgehead atoms. The Morgan fingerprint density at radius 2 is 1.77 bits per heavy atom. The van der Waals surface area contributed by atoms with E-state index < -0.39 is 21.8 Å².